The van der Waals surface area contributed by atoms with E-state index in [2.05, 4.69) is 98.1 Å². The molecule has 0 heterocycles. The number of aryl methyl sites for hydroxylation is 1. The predicted molar refractivity (Wildman–Crippen MR) is 139 cm³/mol. The molecule has 0 radical (unpaired) electrons. The minimum absolute atomic E-state index is 0.322. The van der Waals surface area contributed by atoms with Crippen LogP contribution in [0.2, 0.25) is 0 Å². The van der Waals surface area contributed by atoms with Crippen molar-refractivity contribution in [1.82, 2.24) is 0 Å². The lowest BCUT2D eigenvalue weighted by Gasteiger charge is -2.12. The Hall–Kier alpha value is -3.91. The average Bonchev–Trinajstić information content (AvgIpc) is 2.86. The van der Waals surface area contributed by atoms with Crippen LogP contribution in [0.1, 0.15) is 24.5 Å². The summed E-state index contributed by atoms with van der Waals surface area (Å²) < 4.78 is 5.18. The third-order valence-electron chi connectivity index (χ3n) is 5.84. The second-order valence-electron chi connectivity index (χ2n) is 8.25. The molecule has 0 amide bonds. The Kier molecular flexibility index (Phi) is 6.85. The molecule has 0 aromatic heterocycles. The Morgan fingerprint density at radius 2 is 1.36 bits per heavy atom. The summed E-state index contributed by atoms with van der Waals surface area (Å²) in [5.41, 5.74) is 7.63. The molecule has 4 aromatic rings. The molecule has 164 valence electrons. The van der Waals surface area contributed by atoms with Crippen molar-refractivity contribution in [3.05, 3.63) is 115 Å². The Morgan fingerprint density at radius 3 is 1.88 bits per heavy atom. The van der Waals surface area contributed by atoms with E-state index < -0.39 is 0 Å². The minimum atomic E-state index is -0.322. The van der Waals surface area contributed by atoms with Gasteiger partial charge in [0.1, 0.15) is 0 Å². The SMILES string of the molecule is C=Cc1ccc(-c2cccc3c(-c4ccc(CCCOC(=O)C(=C)C)cc4)cccc23)cc1. The standard InChI is InChI=1S/C31H28O2/c1-4-23-13-17-25(18-14-23)27-9-5-12-30-28(10-6-11-29(27)30)26-19-15-24(16-20-26)8-7-21-33-31(32)22(2)3/h4-6,9-20H,1-2,7-8,21H2,3H3. The molecule has 0 fully saturated rings. The number of ether oxygens (including phenoxy) is 1. The van der Waals surface area contributed by atoms with Crippen LogP contribution in [0.5, 0.6) is 0 Å². The maximum absolute atomic E-state index is 11.5. The van der Waals surface area contributed by atoms with Crippen LogP contribution in [0.25, 0.3) is 39.1 Å². The normalized spacial score (nSPS) is 10.7. The molecule has 0 saturated carbocycles. The molecular weight excluding hydrogens is 404 g/mol. The summed E-state index contributed by atoms with van der Waals surface area (Å²) in [4.78, 5) is 11.5. The van der Waals surface area contributed by atoms with Gasteiger partial charge >= 0.3 is 5.97 Å². The van der Waals surface area contributed by atoms with E-state index in [-0.39, 0.29) is 5.97 Å². The molecule has 4 aromatic carbocycles. The van der Waals surface area contributed by atoms with Crippen LogP contribution in [0.15, 0.2) is 104 Å². The zero-order chi connectivity index (χ0) is 23.2. The van der Waals surface area contributed by atoms with Gasteiger partial charge in [0.2, 0.25) is 0 Å². The minimum Gasteiger partial charge on any atom is -0.462 e. The first-order chi connectivity index (χ1) is 16.1. The lowest BCUT2D eigenvalue weighted by atomic mass is 9.92. The maximum atomic E-state index is 11.5. The first-order valence-electron chi connectivity index (χ1n) is 11.2. The third-order valence-corrected chi connectivity index (χ3v) is 5.84. The van der Waals surface area contributed by atoms with Gasteiger partial charge in [-0.1, -0.05) is 104 Å². The van der Waals surface area contributed by atoms with Gasteiger partial charge in [-0.3, -0.25) is 0 Å². The Labute approximate surface area is 195 Å². The smallest absolute Gasteiger partial charge is 0.333 e. The first-order valence-corrected chi connectivity index (χ1v) is 11.2. The fourth-order valence-corrected chi connectivity index (χ4v) is 4.03. The van der Waals surface area contributed by atoms with E-state index in [1.807, 2.05) is 6.08 Å². The van der Waals surface area contributed by atoms with Gasteiger partial charge in [0.15, 0.2) is 0 Å². The Morgan fingerprint density at radius 1 is 0.818 bits per heavy atom. The van der Waals surface area contributed by atoms with Crippen molar-refractivity contribution in [2.75, 3.05) is 6.61 Å². The monoisotopic (exact) mass is 432 g/mol. The molecule has 0 aliphatic heterocycles. The van der Waals surface area contributed by atoms with Crippen molar-refractivity contribution >= 4 is 22.8 Å². The van der Waals surface area contributed by atoms with Gasteiger partial charge in [-0.15, -0.1) is 0 Å². The van der Waals surface area contributed by atoms with Gasteiger partial charge in [-0.2, -0.15) is 0 Å². The molecule has 0 unspecified atom stereocenters. The highest BCUT2D eigenvalue weighted by Crippen LogP contribution is 2.35. The molecule has 0 aliphatic carbocycles. The maximum Gasteiger partial charge on any atom is 0.333 e. The van der Waals surface area contributed by atoms with Gasteiger partial charge in [-0.25, -0.2) is 4.79 Å². The van der Waals surface area contributed by atoms with E-state index in [1.165, 1.54) is 38.6 Å². The number of carbonyl (C=O) groups is 1. The van der Waals surface area contributed by atoms with E-state index in [4.69, 9.17) is 4.74 Å². The second-order valence-corrected chi connectivity index (χ2v) is 8.25. The number of fused-ring (bicyclic) bond motifs is 1. The van der Waals surface area contributed by atoms with Crippen molar-refractivity contribution in [2.24, 2.45) is 0 Å². The van der Waals surface area contributed by atoms with Gasteiger partial charge in [-0.05, 0) is 63.9 Å². The van der Waals surface area contributed by atoms with Crippen LogP contribution in [-0.2, 0) is 16.0 Å². The highest BCUT2D eigenvalue weighted by atomic mass is 16.5. The van der Waals surface area contributed by atoms with E-state index in [1.54, 1.807) is 6.92 Å². The number of carbonyl (C=O) groups excluding carboxylic acids is 1. The van der Waals surface area contributed by atoms with Crippen LogP contribution in [0.3, 0.4) is 0 Å². The lowest BCUT2D eigenvalue weighted by molar-refractivity contribution is -0.139. The lowest BCUT2D eigenvalue weighted by Crippen LogP contribution is -2.06. The molecule has 2 heteroatoms. The molecule has 2 nitrogen and oxygen atoms in total. The average molecular weight is 433 g/mol. The second kappa shape index (κ2) is 10.1. The fourth-order valence-electron chi connectivity index (χ4n) is 4.03. The highest BCUT2D eigenvalue weighted by molar-refractivity contribution is 6.04. The first kappa shape index (κ1) is 22.3. The van der Waals surface area contributed by atoms with E-state index >= 15 is 0 Å². The number of hydrogen-bond donors (Lipinski definition) is 0. The molecule has 0 bridgehead atoms. The van der Waals surface area contributed by atoms with Crippen LogP contribution in [-0.4, -0.2) is 12.6 Å². The zero-order valence-corrected chi connectivity index (χ0v) is 19.0. The van der Waals surface area contributed by atoms with E-state index in [0.29, 0.717) is 12.2 Å². The van der Waals surface area contributed by atoms with Crippen LogP contribution >= 0.6 is 0 Å². The molecular formula is C31H28O2. The van der Waals surface area contributed by atoms with Crippen LogP contribution in [0.4, 0.5) is 0 Å². The Bertz CT molecular complexity index is 1300. The summed E-state index contributed by atoms with van der Waals surface area (Å²) in [7, 11) is 0. The molecule has 0 N–H and O–H groups in total. The summed E-state index contributed by atoms with van der Waals surface area (Å²) in [6.07, 6.45) is 3.52. The number of hydrogen-bond acceptors (Lipinski definition) is 2. The van der Waals surface area contributed by atoms with Gasteiger partial charge in [0.05, 0.1) is 6.61 Å². The summed E-state index contributed by atoms with van der Waals surface area (Å²) in [5, 5.41) is 2.48. The molecule has 4 rings (SSSR count). The van der Waals surface area contributed by atoms with Crippen molar-refractivity contribution in [2.45, 2.75) is 19.8 Å². The van der Waals surface area contributed by atoms with Crippen LogP contribution < -0.4 is 0 Å². The summed E-state index contributed by atoms with van der Waals surface area (Å²) in [6, 6.07) is 30.2. The van der Waals surface area contributed by atoms with Gasteiger partial charge in [0, 0.05) is 5.57 Å². The largest absolute Gasteiger partial charge is 0.462 e. The van der Waals surface area contributed by atoms with Crippen LogP contribution in [0, 0.1) is 0 Å². The molecule has 0 atom stereocenters. The van der Waals surface area contributed by atoms with Gasteiger partial charge in [0.25, 0.3) is 0 Å². The Balaban J connectivity index is 1.55. The predicted octanol–water partition coefficient (Wildman–Crippen LogP) is 7.87. The molecule has 0 spiro atoms. The zero-order valence-electron chi connectivity index (χ0n) is 19.0. The summed E-state index contributed by atoms with van der Waals surface area (Å²) >= 11 is 0. The molecule has 0 saturated heterocycles. The number of rotatable bonds is 8. The summed E-state index contributed by atoms with van der Waals surface area (Å²) in [6.45, 7) is 9.52. The van der Waals surface area contributed by atoms with Crippen molar-refractivity contribution in [1.29, 1.82) is 0 Å². The van der Waals surface area contributed by atoms with Crippen molar-refractivity contribution in [3.63, 3.8) is 0 Å². The molecule has 33 heavy (non-hydrogen) atoms. The third kappa shape index (κ3) is 5.12. The van der Waals surface area contributed by atoms with E-state index in [9.17, 15) is 4.79 Å². The number of benzene rings is 4. The summed E-state index contributed by atoms with van der Waals surface area (Å²) in [5.74, 6) is -0.322. The highest BCUT2D eigenvalue weighted by Gasteiger charge is 2.09. The fraction of sp³-hybridized carbons (Fsp3) is 0.129. The topological polar surface area (TPSA) is 26.3 Å². The quantitative estimate of drug-likeness (QED) is 0.161. The van der Waals surface area contributed by atoms with Crippen molar-refractivity contribution in [3.8, 4) is 22.3 Å². The van der Waals surface area contributed by atoms with Crippen molar-refractivity contribution < 1.29 is 9.53 Å². The van der Waals surface area contributed by atoms with Gasteiger partial charge < -0.3 is 4.74 Å². The van der Waals surface area contributed by atoms with E-state index in [0.717, 1.165) is 18.4 Å². The number of esters is 1. The molecule has 0 aliphatic rings.